The van der Waals surface area contributed by atoms with Crippen LogP contribution in [0.15, 0.2) is 60.7 Å². The second-order valence-electron chi connectivity index (χ2n) is 7.25. The highest BCUT2D eigenvalue weighted by atomic mass is 16.5. The molecular weight excluding hydrogens is 364 g/mol. The molecule has 0 aromatic heterocycles. The van der Waals surface area contributed by atoms with Gasteiger partial charge in [0.05, 0.1) is 20.6 Å². The molecule has 0 heterocycles. The fraction of sp³-hybridized carbons (Fsp3) is 0.240. The Kier molecular flexibility index (Phi) is 5.26. The highest BCUT2D eigenvalue weighted by Crippen LogP contribution is 2.38. The fourth-order valence-corrected chi connectivity index (χ4v) is 3.88. The molecule has 3 aromatic rings. The van der Waals surface area contributed by atoms with E-state index in [0.29, 0.717) is 11.5 Å². The number of rotatable bonds is 6. The molecular formula is C25H24O4. The molecule has 0 bridgehead atoms. The lowest BCUT2D eigenvalue weighted by Gasteiger charge is -2.15. The van der Waals surface area contributed by atoms with Crippen LogP contribution in [0.25, 0.3) is 11.1 Å². The van der Waals surface area contributed by atoms with E-state index in [-0.39, 0.29) is 18.5 Å². The molecule has 29 heavy (non-hydrogen) atoms. The first kappa shape index (κ1) is 19.1. The number of methoxy groups -OCH3 is 2. The van der Waals surface area contributed by atoms with Crippen molar-refractivity contribution in [2.75, 3.05) is 14.2 Å². The third-order valence-corrected chi connectivity index (χ3v) is 5.39. The van der Waals surface area contributed by atoms with Gasteiger partial charge in [0, 0.05) is 0 Å². The first-order chi connectivity index (χ1) is 14.1. The summed E-state index contributed by atoms with van der Waals surface area (Å²) in [5, 5.41) is 0. The van der Waals surface area contributed by atoms with Crippen molar-refractivity contribution in [2.24, 2.45) is 0 Å². The fourth-order valence-electron chi connectivity index (χ4n) is 3.88. The van der Waals surface area contributed by atoms with Gasteiger partial charge in [-0.15, -0.1) is 0 Å². The Morgan fingerprint density at radius 2 is 1.66 bits per heavy atom. The monoisotopic (exact) mass is 388 g/mol. The van der Waals surface area contributed by atoms with Gasteiger partial charge in [0.2, 0.25) is 0 Å². The van der Waals surface area contributed by atoms with Gasteiger partial charge in [-0.3, -0.25) is 4.79 Å². The summed E-state index contributed by atoms with van der Waals surface area (Å²) in [6, 6.07) is 20.3. The maximum Gasteiger partial charge on any atom is 0.310 e. The van der Waals surface area contributed by atoms with E-state index in [1.54, 1.807) is 26.4 Å². The Bertz CT molecular complexity index is 1050. The molecule has 0 aliphatic heterocycles. The van der Waals surface area contributed by atoms with Gasteiger partial charge in [0.25, 0.3) is 0 Å². The zero-order valence-electron chi connectivity index (χ0n) is 16.9. The quantitative estimate of drug-likeness (QED) is 0.430. The predicted molar refractivity (Wildman–Crippen MR) is 112 cm³/mol. The van der Waals surface area contributed by atoms with Crippen molar-refractivity contribution < 1.29 is 19.0 Å². The minimum absolute atomic E-state index is 0.182. The standard InChI is InChI=1S/C25H24O4/c1-16(29-25(26)13-17-8-11-23(27-2)24(12-17)28-3)18-9-10-22-20(14-18)15-19-6-4-5-7-21(19)22/h4-12,14,16H,13,15H2,1-3H3. The number of ether oxygens (including phenoxy) is 3. The first-order valence-corrected chi connectivity index (χ1v) is 9.70. The van der Waals surface area contributed by atoms with Gasteiger partial charge in [-0.2, -0.15) is 0 Å². The molecule has 0 spiro atoms. The van der Waals surface area contributed by atoms with Crippen LogP contribution in [0.3, 0.4) is 0 Å². The lowest BCUT2D eigenvalue weighted by molar-refractivity contribution is -0.147. The van der Waals surface area contributed by atoms with Crippen LogP contribution in [-0.2, 0) is 22.4 Å². The van der Waals surface area contributed by atoms with Gasteiger partial charge >= 0.3 is 5.97 Å². The largest absolute Gasteiger partial charge is 0.493 e. The van der Waals surface area contributed by atoms with Crippen molar-refractivity contribution in [3.63, 3.8) is 0 Å². The SMILES string of the molecule is COc1ccc(CC(=O)OC(C)c2ccc3c(c2)Cc2ccccc2-3)cc1OC. The van der Waals surface area contributed by atoms with Crippen molar-refractivity contribution in [2.45, 2.75) is 25.9 Å². The van der Waals surface area contributed by atoms with Gasteiger partial charge in [-0.05, 0) is 58.9 Å². The second-order valence-corrected chi connectivity index (χ2v) is 7.25. The number of benzene rings is 3. The van der Waals surface area contributed by atoms with Crippen LogP contribution in [0, 0.1) is 0 Å². The smallest absolute Gasteiger partial charge is 0.310 e. The van der Waals surface area contributed by atoms with Gasteiger partial charge < -0.3 is 14.2 Å². The van der Waals surface area contributed by atoms with E-state index < -0.39 is 0 Å². The average molecular weight is 388 g/mol. The molecule has 0 N–H and O–H groups in total. The third-order valence-electron chi connectivity index (χ3n) is 5.39. The summed E-state index contributed by atoms with van der Waals surface area (Å²) in [4.78, 5) is 12.5. The summed E-state index contributed by atoms with van der Waals surface area (Å²) in [7, 11) is 3.16. The van der Waals surface area contributed by atoms with E-state index in [9.17, 15) is 4.79 Å². The summed E-state index contributed by atoms with van der Waals surface area (Å²) >= 11 is 0. The predicted octanol–water partition coefficient (Wildman–Crippen LogP) is 5.12. The molecule has 1 unspecified atom stereocenters. The van der Waals surface area contributed by atoms with Crippen LogP contribution in [0.2, 0.25) is 0 Å². The molecule has 0 amide bonds. The van der Waals surface area contributed by atoms with E-state index in [1.807, 2.05) is 13.0 Å². The summed E-state index contributed by atoms with van der Waals surface area (Å²) in [5.74, 6) is 0.967. The molecule has 0 saturated carbocycles. The summed E-state index contributed by atoms with van der Waals surface area (Å²) in [6.07, 6.45) is 0.795. The molecule has 1 aliphatic rings. The van der Waals surface area contributed by atoms with Gasteiger partial charge in [-0.1, -0.05) is 48.5 Å². The Balaban J connectivity index is 1.44. The van der Waals surface area contributed by atoms with Gasteiger partial charge in [0.15, 0.2) is 11.5 Å². The van der Waals surface area contributed by atoms with Crippen LogP contribution < -0.4 is 9.47 Å². The zero-order chi connectivity index (χ0) is 20.4. The molecule has 0 saturated heterocycles. The highest BCUT2D eigenvalue weighted by Gasteiger charge is 2.20. The molecule has 3 aromatic carbocycles. The average Bonchev–Trinajstić information content (AvgIpc) is 3.11. The van der Waals surface area contributed by atoms with Gasteiger partial charge in [0.1, 0.15) is 6.10 Å². The van der Waals surface area contributed by atoms with Crippen molar-refractivity contribution >= 4 is 5.97 Å². The second kappa shape index (κ2) is 8.00. The number of hydrogen-bond donors (Lipinski definition) is 0. The van der Waals surface area contributed by atoms with Crippen molar-refractivity contribution in [3.05, 3.63) is 82.9 Å². The van der Waals surface area contributed by atoms with E-state index >= 15 is 0 Å². The Morgan fingerprint density at radius 1 is 0.897 bits per heavy atom. The van der Waals surface area contributed by atoms with E-state index in [2.05, 4.69) is 42.5 Å². The zero-order valence-corrected chi connectivity index (χ0v) is 16.9. The Morgan fingerprint density at radius 3 is 2.45 bits per heavy atom. The van der Waals surface area contributed by atoms with Gasteiger partial charge in [-0.25, -0.2) is 0 Å². The molecule has 0 fully saturated rings. The molecule has 1 aliphatic carbocycles. The summed E-state index contributed by atoms with van der Waals surface area (Å²) in [6.45, 7) is 1.91. The minimum Gasteiger partial charge on any atom is -0.493 e. The molecule has 4 rings (SSSR count). The third kappa shape index (κ3) is 3.83. The molecule has 0 radical (unpaired) electrons. The first-order valence-electron chi connectivity index (χ1n) is 9.70. The van der Waals surface area contributed by atoms with E-state index in [1.165, 1.54) is 22.3 Å². The maximum absolute atomic E-state index is 12.5. The molecule has 4 heteroatoms. The van der Waals surface area contributed by atoms with E-state index in [0.717, 1.165) is 17.5 Å². The lowest BCUT2D eigenvalue weighted by atomic mass is 10.0. The number of carbonyl (C=O) groups is 1. The number of esters is 1. The number of fused-ring (bicyclic) bond motifs is 3. The Labute approximate surface area is 171 Å². The van der Waals surface area contributed by atoms with Crippen molar-refractivity contribution in [1.82, 2.24) is 0 Å². The van der Waals surface area contributed by atoms with Crippen molar-refractivity contribution in [3.8, 4) is 22.6 Å². The number of carbonyl (C=O) groups excluding carboxylic acids is 1. The number of hydrogen-bond acceptors (Lipinski definition) is 4. The van der Waals surface area contributed by atoms with Crippen LogP contribution in [0.4, 0.5) is 0 Å². The lowest BCUT2D eigenvalue weighted by Crippen LogP contribution is -2.11. The van der Waals surface area contributed by atoms with E-state index in [4.69, 9.17) is 14.2 Å². The van der Waals surface area contributed by atoms with Crippen LogP contribution in [-0.4, -0.2) is 20.2 Å². The van der Waals surface area contributed by atoms with Crippen LogP contribution >= 0.6 is 0 Å². The summed E-state index contributed by atoms with van der Waals surface area (Å²) < 4.78 is 16.2. The topological polar surface area (TPSA) is 44.8 Å². The molecule has 4 nitrogen and oxygen atoms in total. The normalized spacial score (nSPS) is 12.7. The van der Waals surface area contributed by atoms with Crippen molar-refractivity contribution in [1.29, 1.82) is 0 Å². The minimum atomic E-state index is -0.309. The molecule has 1 atom stereocenters. The summed E-state index contributed by atoms with van der Waals surface area (Å²) in [5.41, 5.74) is 7.03. The molecule has 148 valence electrons. The van der Waals surface area contributed by atoms with Crippen LogP contribution in [0.5, 0.6) is 11.5 Å². The Hall–Kier alpha value is -3.27. The van der Waals surface area contributed by atoms with Crippen LogP contribution in [0.1, 0.15) is 35.3 Å². The maximum atomic E-state index is 12.5. The highest BCUT2D eigenvalue weighted by molar-refractivity contribution is 5.77.